The summed E-state index contributed by atoms with van der Waals surface area (Å²) in [6.07, 6.45) is 0.790. The second-order valence-corrected chi connectivity index (χ2v) is 4.89. The lowest BCUT2D eigenvalue weighted by atomic mass is 9.80. The first kappa shape index (κ1) is 14.9. The van der Waals surface area contributed by atoms with Gasteiger partial charge in [0.05, 0.1) is 0 Å². The molecular formula is C11H22N2O3. The lowest BCUT2D eigenvalue weighted by molar-refractivity contribution is -0.151. The molecule has 5 heteroatoms. The Morgan fingerprint density at radius 2 is 1.81 bits per heavy atom. The zero-order chi connectivity index (χ0) is 12.8. The highest BCUT2D eigenvalue weighted by Gasteiger charge is 2.37. The number of amides is 1. The van der Waals surface area contributed by atoms with Crippen LogP contribution in [0.1, 0.15) is 27.2 Å². The third-order valence-corrected chi connectivity index (χ3v) is 2.28. The van der Waals surface area contributed by atoms with Gasteiger partial charge in [-0.3, -0.25) is 9.59 Å². The van der Waals surface area contributed by atoms with Crippen molar-refractivity contribution in [3.05, 3.63) is 0 Å². The third kappa shape index (κ3) is 5.11. The molecule has 0 aliphatic heterocycles. The smallest absolute Gasteiger partial charge is 0.316 e. The van der Waals surface area contributed by atoms with E-state index in [1.807, 2.05) is 7.05 Å². The second-order valence-electron chi connectivity index (χ2n) is 4.89. The van der Waals surface area contributed by atoms with Crippen molar-refractivity contribution in [3.8, 4) is 0 Å². The van der Waals surface area contributed by atoms with Crippen LogP contribution >= 0.6 is 0 Å². The quantitative estimate of drug-likeness (QED) is 0.457. The van der Waals surface area contributed by atoms with Crippen LogP contribution in [0.4, 0.5) is 0 Å². The molecule has 0 aromatic rings. The highest BCUT2D eigenvalue weighted by Crippen LogP contribution is 2.26. The molecule has 0 fully saturated rings. The number of carboxylic acid groups (broad SMARTS) is 1. The van der Waals surface area contributed by atoms with Gasteiger partial charge in [0.25, 0.3) is 0 Å². The molecule has 1 amide bonds. The van der Waals surface area contributed by atoms with E-state index in [-0.39, 0.29) is 0 Å². The lowest BCUT2D eigenvalue weighted by Crippen LogP contribution is -2.43. The van der Waals surface area contributed by atoms with Crippen molar-refractivity contribution in [1.29, 1.82) is 0 Å². The Balaban J connectivity index is 4.26. The number of hydrogen-bond donors (Lipinski definition) is 3. The topological polar surface area (TPSA) is 78.4 Å². The molecule has 5 nitrogen and oxygen atoms in total. The summed E-state index contributed by atoms with van der Waals surface area (Å²) in [6.45, 7) is 6.55. The molecule has 0 rings (SSSR count). The van der Waals surface area contributed by atoms with E-state index in [1.165, 1.54) is 0 Å². The van der Waals surface area contributed by atoms with Crippen molar-refractivity contribution < 1.29 is 14.7 Å². The summed E-state index contributed by atoms with van der Waals surface area (Å²) in [4.78, 5) is 22.7. The van der Waals surface area contributed by atoms with Gasteiger partial charge in [-0.15, -0.1) is 0 Å². The van der Waals surface area contributed by atoms with Crippen LogP contribution in [0.5, 0.6) is 0 Å². The summed E-state index contributed by atoms with van der Waals surface area (Å²) in [7, 11) is 1.83. The molecule has 1 unspecified atom stereocenters. The molecule has 0 bridgehead atoms. The number of aliphatic carboxylic acids is 1. The molecule has 94 valence electrons. The average Bonchev–Trinajstić information content (AvgIpc) is 2.09. The highest BCUT2D eigenvalue weighted by atomic mass is 16.4. The average molecular weight is 230 g/mol. The summed E-state index contributed by atoms with van der Waals surface area (Å²) in [5.41, 5.74) is -0.571. The zero-order valence-corrected chi connectivity index (χ0v) is 10.5. The molecule has 0 aliphatic carbocycles. The van der Waals surface area contributed by atoms with E-state index < -0.39 is 23.2 Å². The summed E-state index contributed by atoms with van der Waals surface area (Å²) < 4.78 is 0. The first-order valence-electron chi connectivity index (χ1n) is 5.45. The highest BCUT2D eigenvalue weighted by molar-refractivity contribution is 5.97. The van der Waals surface area contributed by atoms with Gasteiger partial charge in [-0.1, -0.05) is 20.8 Å². The van der Waals surface area contributed by atoms with Crippen molar-refractivity contribution in [2.24, 2.45) is 11.3 Å². The minimum Gasteiger partial charge on any atom is -0.481 e. The summed E-state index contributed by atoms with van der Waals surface area (Å²) in [5.74, 6) is -2.48. The molecule has 1 atom stereocenters. The summed E-state index contributed by atoms with van der Waals surface area (Å²) in [6, 6.07) is 0. The largest absolute Gasteiger partial charge is 0.481 e. The molecule has 16 heavy (non-hydrogen) atoms. The molecule has 3 N–H and O–H groups in total. The Hall–Kier alpha value is -1.10. The van der Waals surface area contributed by atoms with Gasteiger partial charge in [0.15, 0.2) is 0 Å². The van der Waals surface area contributed by atoms with Crippen LogP contribution in [0, 0.1) is 11.3 Å². The predicted octanol–water partition coefficient (Wildman–Crippen LogP) is 0.459. The first-order valence-corrected chi connectivity index (χ1v) is 5.45. The molecule has 0 saturated heterocycles. The van der Waals surface area contributed by atoms with Crippen molar-refractivity contribution in [2.45, 2.75) is 27.2 Å². The standard InChI is InChI=1S/C11H22N2O3/c1-11(2,3)8(10(15)16)9(14)13-7-5-6-12-4/h8,12H,5-7H2,1-4H3,(H,13,14)(H,15,16). The Labute approximate surface area is 96.6 Å². The third-order valence-electron chi connectivity index (χ3n) is 2.28. The van der Waals surface area contributed by atoms with Crippen molar-refractivity contribution in [1.82, 2.24) is 10.6 Å². The Bertz CT molecular complexity index is 246. The molecule has 0 aromatic heterocycles. The van der Waals surface area contributed by atoms with Gasteiger partial charge in [-0.05, 0) is 25.4 Å². The predicted molar refractivity (Wildman–Crippen MR) is 62.1 cm³/mol. The van der Waals surface area contributed by atoms with Crippen LogP contribution in [0.15, 0.2) is 0 Å². The maximum absolute atomic E-state index is 11.7. The second kappa shape index (κ2) is 6.48. The summed E-state index contributed by atoms with van der Waals surface area (Å²) in [5, 5.41) is 14.6. The Morgan fingerprint density at radius 3 is 2.19 bits per heavy atom. The molecule has 0 spiro atoms. The van der Waals surface area contributed by atoms with Gasteiger partial charge in [-0.2, -0.15) is 0 Å². The normalized spacial score (nSPS) is 13.2. The van der Waals surface area contributed by atoms with Gasteiger partial charge in [0.2, 0.25) is 5.91 Å². The Morgan fingerprint density at radius 1 is 1.25 bits per heavy atom. The van der Waals surface area contributed by atoms with E-state index in [9.17, 15) is 9.59 Å². The molecular weight excluding hydrogens is 208 g/mol. The van der Waals surface area contributed by atoms with E-state index in [1.54, 1.807) is 20.8 Å². The van der Waals surface area contributed by atoms with E-state index in [0.717, 1.165) is 13.0 Å². The number of carbonyl (C=O) groups excluding carboxylic acids is 1. The van der Waals surface area contributed by atoms with Crippen LogP contribution in [0.25, 0.3) is 0 Å². The Kier molecular flexibility index (Phi) is 6.03. The zero-order valence-electron chi connectivity index (χ0n) is 10.5. The van der Waals surface area contributed by atoms with Gasteiger partial charge in [0, 0.05) is 6.54 Å². The monoisotopic (exact) mass is 230 g/mol. The van der Waals surface area contributed by atoms with Crippen LogP contribution in [-0.2, 0) is 9.59 Å². The molecule has 0 heterocycles. The maximum atomic E-state index is 11.7. The van der Waals surface area contributed by atoms with Crippen molar-refractivity contribution >= 4 is 11.9 Å². The number of hydrogen-bond acceptors (Lipinski definition) is 3. The number of rotatable bonds is 6. The molecule has 0 aromatic carbocycles. The van der Waals surface area contributed by atoms with Crippen LogP contribution in [0.3, 0.4) is 0 Å². The fraction of sp³-hybridized carbons (Fsp3) is 0.818. The molecule has 0 aliphatic rings. The van der Waals surface area contributed by atoms with Crippen LogP contribution in [0.2, 0.25) is 0 Å². The van der Waals surface area contributed by atoms with E-state index in [4.69, 9.17) is 5.11 Å². The SMILES string of the molecule is CNCCCNC(=O)C(C(=O)O)C(C)(C)C. The number of carboxylic acids is 1. The maximum Gasteiger partial charge on any atom is 0.316 e. The van der Waals surface area contributed by atoms with Gasteiger partial charge >= 0.3 is 5.97 Å². The minimum absolute atomic E-state index is 0.406. The van der Waals surface area contributed by atoms with Crippen LogP contribution in [-0.4, -0.2) is 37.1 Å². The molecule has 0 radical (unpaired) electrons. The molecule has 0 saturated carbocycles. The number of carbonyl (C=O) groups is 2. The fourth-order valence-corrected chi connectivity index (χ4v) is 1.45. The fourth-order valence-electron chi connectivity index (χ4n) is 1.45. The minimum atomic E-state index is -1.07. The van der Waals surface area contributed by atoms with Crippen molar-refractivity contribution in [2.75, 3.05) is 20.1 Å². The van der Waals surface area contributed by atoms with Gasteiger partial charge < -0.3 is 15.7 Å². The van der Waals surface area contributed by atoms with E-state index >= 15 is 0 Å². The van der Waals surface area contributed by atoms with Crippen molar-refractivity contribution in [3.63, 3.8) is 0 Å². The number of nitrogens with one attached hydrogen (secondary N) is 2. The van der Waals surface area contributed by atoms with Crippen LogP contribution < -0.4 is 10.6 Å². The van der Waals surface area contributed by atoms with E-state index in [2.05, 4.69) is 10.6 Å². The van der Waals surface area contributed by atoms with Gasteiger partial charge in [0.1, 0.15) is 5.92 Å². The first-order chi connectivity index (χ1) is 7.30. The lowest BCUT2D eigenvalue weighted by Gasteiger charge is -2.25. The van der Waals surface area contributed by atoms with E-state index in [0.29, 0.717) is 6.54 Å². The van der Waals surface area contributed by atoms with Gasteiger partial charge in [-0.25, -0.2) is 0 Å². The summed E-state index contributed by atoms with van der Waals surface area (Å²) >= 11 is 0.